The number of nitrogens with two attached hydrogens (primary N) is 2. The molecule has 0 spiro atoms. The fourth-order valence-corrected chi connectivity index (χ4v) is 1.98. The molecule has 1 rings (SSSR count). The van der Waals surface area contributed by atoms with Crippen LogP contribution in [0.25, 0.3) is 0 Å². The summed E-state index contributed by atoms with van der Waals surface area (Å²) in [6, 6.07) is 0.789. The monoisotopic (exact) mass is 227 g/mol. The third-order valence-corrected chi connectivity index (χ3v) is 3.28. The van der Waals surface area contributed by atoms with E-state index in [1.165, 1.54) is 19.3 Å². The normalized spacial score (nSPS) is 19.8. The van der Waals surface area contributed by atoms with Crippen LogP contribution in [-0.2, 0) is 4.79 Å². The van der Waals surface area contributed by atoms with Crippen molar-refractivity contribution in [1.82, 2.24) is 4.90 Å². The molecule has 1 saturated carbocycles. The van der Waals surface area contributed by atoms with Crippen molar-refractivity contribution in [3.05, 3.63) is 0 Å². The van der Waals surface area contributed by atoms with Gasteiger partial charge in [0.05, 0.1) is 5.54 Å². The zero-order chi connectivity index (χ0) is 12.2. The van der Waals surface area contributed by atoms with E-state index in [-0.39, 0.29) is 0 Å². The molecule has 1 amide bonds. The first-order valence-corrected chi connectivity index (χ1v) is 6.30. The van der Waals surface area contributed by atoms with Gasteiger partial charge in [-0.3, -0.25) is 4.79 Å². The largest absolute Gasteiger partial charge is 0.368 e. The average molecular weight is 227 g/mol. The number of hydrogen-bond acceptors (Lipinski definition) is 3. The van der Waals surface area contributed by atoms with E-state index in [0.717, 1.165) is 25.6 Å². The van der Waals surface area contributed by atoms with Crippen LogP contribution < -0.4 is 11.5 Å². The van der Waals surface area contributed by atoms with Crippen molar-refractivity contribution in [2.24, 2.45) is 11.5 Å². The van der Waals surface area contributed by atoms with Crippen molar-refractivity contribution in [1.29, 1.82) is 0 Å². The molecular weight excluding hydrogens is 202 g/mol. The number of nitrogens with zero attached hydrogens (tertiary/aromatic N) is 1. The molecule has 1 atom stereocenters. The molecule has 0 aliphatic heterocycles. The molecule has 0 aromatic carbocycles. The molecule has 0 saturated heterocycles. The second-order valence-corrected chi connectivity index (χ2v) is 5.15. The molecule has 0 aromatic heterocycles. The Hall–Kier alpha value is -0.610. The van der Waals surface area contributed by atoms with Gasteiger partial charge < -0.3 is 16.4 Å². The summed E-state index contributed by atoms with van der Waals surface area (Å²) in [6.45, 7) is 6.11. The van der Waals surface area contributed by atoms with Crippen molar-refractivity contribution in [3.63, 3.8) is 0 Å². The number of carbonyl (C=O) groups excluding carboxylic acids is 1. The fourth-order valence-electron chi connectivity index (χ4n) is 1.98. The van der Waals surface area contributed by atoms with Gasteiger partial charge in [-0.25, -0.2) is 0 Å². The lowest BCUT2D eigenvalue weighted by Gasteiger charge is -2.24. The lowest BCUT2D eigenvalue weighted by Crippen LogP contribution is -2.49. The second-order valence-electron chi connectivity index (χ2n) is 5.15. The third kappa shape index (κ3) is 4.10. The lowest BCUT2D eigenvalue weighted by molar-refractivity contribution is -0.122. The highest BCUT2D eigenvalue weighted by Crippen LogP contribution is 2.27. The number of carbonyl (C=O) groups is 1. The summed E-state index contributed by atoms with van der Waals surface area (Å²) in [5.41, 5.74) is 10.2. The second kappa shape index (κ2) is 5.64. The maximum absolute atomic E-state index is 11.1. The first kappa shape index (κ1) is 13.5. The van der Waals surface area contributed by atoms with Gasteiger partial charge in [-0.15, -0.1) is 0 Å². The van der Waals surface area contributed by atoms with E-state index in [4.69, 9.17) is 11.5 Å². The molecule has 1 aliphatic carbocycles. The minimum atomic E-state index is -0.846. The molecule has 4 nitrogen and oxygen atoms in total. The zero-order valence-electron chi connectivity index (χ0n) is 10.5. The summed E-state index contributed by atoms with van der Waals surface area (Å²) in [5, 5.41) is 0. The van der Waals surface area contributed by atoms with Crippen molar-refractivity contribution >= 4 is 5.91 Å². The minimum Gasteiger partial charge on any atom is -0.368 e. The molecule has 0 heterocycles. The van der Waals surface area contributed by atoms with E-state index >= 15 is 0 Å². The Bertz CT molecular complexity index is 236. The van der Waals surface area contributed by atoms with E-state index < -0.39 is 11.4 Å². The Balaban J connectivity index is 2.24. The minimum absolute atomic E-state index is 0.402. The highest BCUT2D eigenvalue weighted by Gasteiger charge is 2.29. The van der Waals surface area contributed by atoms with E-state index in [1.807, 2.05) is 0 Å². The van der Waals surface area contributed by atoms with Gasteiger partial charge in [0.15, 0.2) is 0 Å². The predicted octanol–water partition coefficient (Wildman–Crippen LogP) is 0.844. The molecule has 94 valence electrons. The van der Waals surface area contributed by atoms with Crippen LogP contribution in [-0.4, -0.2) is 35.5 Å². The SMILES string of the molecule is CCCN(CCCC(C)(N)C(N)=O)C1CC1. The van der Waals surface area contributed by atoms with Gasteiger partial charge in [0.2, 0.25) is 5.91 Å². The maximum Gasteiger partial charge on any atom is 0.237 e. The molecule has 4 heteroatoms. The third-order valence-electron chi connectivity index (χ3n) is 3.28. The number of amides is 1. The van der Waals surface area contributed by atoms with Crippen LogP contribution in [0.15, 0.2) is 0 Å². The van der Waals surface area contributed by atoms with Crippen LogP contribution in [0.3, 0.4) is 0 Å². The van der Waals surface area contributed by atoms with Crippen molar-refractivity contribution < 1.29 is 4.79 Å². The van der Waals surface area contributed by atoms with Crippen LogP contribution >= 0.6 is 0 Å². The van der Waals surface area contributed by atoms with Crippen LogP contribution in [0.1, 0.15) is 46.0 Å². The molecule has 0 aromatic rings. The summed E-state index contributed by atoms with van der Waals surface area (Å²) in [6.07, 6.45) is 5.47. The maximum atomic E-state index is 11.1. The van der Waals surface area contributed by atoms with Crippen molar-refractivity contribution in [3.8, 4) is 0 Å². The van der Waals surface area contributed by atoms with Gasteiger partial charge in [-0.2, -0.15) is 0 Å². The first-order valence-electron chi connectivity index (χ1n) is 6.30. The van der Waals surface area contributed by atoms with Crippen molar-refractivity contribution in [2.75, 3.05) is 13.1 Å². The molecule has 0 bridgehead atoms. The van der Waals surface area contributed by atoms with Gasteiger partial charge in [0.25, 0.3) is 0 Å². The van der Waals surface area contributed by atoms with Crippen molar-refractivity contribution in [2.45, 2.75) is 57.5 Å². The average Bonchev–Trinajstić information content (AvgIpc) is 2.99. The smallest absolute Gasteiger partial charge is 0.237 e. The summed E-state index contributed by atoms with van der Waals surface area (Å²) >= 11 is 0. The Morgan fingerprint density at radius 1 is 1.44 bits per heavy atom. The first-order chi connectivity index (χ1) is 7.47. The Morgan fingerprint density at radius 3 is 2.50 bits per heavy atom. The van der Waals surface area contributed by atoms with Crippen LogP contribution in [0.5, 0.6) is 0 Å². The molecule has 1 fully saturated rings. The highest BCUT2D eigenvalue weighted by atomic mass is 16.1. The van der Waals surface area contributed by atoms with Gasteiger partial charge >= 0.3 is 0 Å². The van der Waals surface area contributed by atoms with Gasteiger partial charge in [-0.1, -0.05) is 6.92 Å². The summed E-state index contributed by atoms with van der Waals surface area (Å²) in [4.78, 5) is 13.6. The van der Waals surface area contributed by atoms with E-state index in [1.54, 1.807) is 6.92 Å². The fraction of sp³-hybridized carbons (Fsp3) is 0.917. The summed E-state index contributed by atoms with van der Waals surface area (Å²) in [5.74, 6) is -0.402. The summed E-state index contributed by atoms with van der Waals surface area (Å²) < 4.78 is 0. The predicted molar refractivity (Wildman–Crippen MR) is 65.9 cm³/mol. The lowest BCUT2D eigenvalue weighted by atomic mass is 9.96. The molecule has 4 N–H and O–H groups in total. The van der Waals surface area contributed by atoms with Crippen LogP contribution in [0.2, 0.25) is 0 Å². The van der Waals surface area contributed by atoms with E-state index in [9.17, 15) is 4.79 Å². The highest BCUT2D eigenvalue weighted by molar-refractivity contribution is 5.83. The topological polar surface area (TPSA) is 72.3 Å². The van der Waals surface area contributed by atoms with Crippen LogP contribution in [0, 0.1) is 0 Å². The van der Waals surface area contributed by atoms with E-state index in [2.05, 4.69) is 11.8 Å². The Morgan fingerprint density at radius 2 is 2.06 bits per heavy atom. The quantitative estimate of drug-likeness (QED) is 0.645. The van der Waals surface area contributed by atoms with Gasteiger partial charge in [-0.05, 0) is 52.1 Å². The Labute approximate surface area is 98.3 Å². The zero-order valence-corrected chi connectivity index (χ0v) is 10.5. The number of primary amides is 1. The Kier molecular flexibility index (Phi) is 4.74. The molecule has 1 unspecified atom stereocenters. The molecule has 0 radical (unpaired) electrons. The van der Waals surface area contributed by atoms with Gasteiger partial charge in [0, 0.05) is 6.04 Å². The molecular formula is C12H25N3O. The number of rotatable bonds is 8. The standard InChI is InChI=1S/C12H25N3O/c1-3-8-15(10-5-6-10)9-4-7-12(2,14)11(13)16/h10H,3-9,14H2,1-2H3,(H2,13,16). The van der Waals surface area contributed by atoms with Gasteiger partial charge in [0.1, 0.15) is 0 Å². The van der Waals surface area contributed by atoms with Crippen LogP contribution in [0.4, 0.5) is 0 Å². The number of hydrogen-bond donors (Lipinski definition) is 2. The molecule has 1 aliphatic rings. The molecule has 16 heavy (non-hydrogen) atoms. The summed E-state index contributed by atoms with van der Waals surface area (Å²) in [7, 11) is 0. The van der Waals surface area contributed by atoms with E-state index in [0.29, 0.717) is 6.42 Å².